The number of carbonyl (C=O) groups is 1. The minimum atomic E-state index is -4.67. The number of hydrogen-bond donors (Lipinski definition) is 3. The average molecular weight is 429 g/mol. The molecule has 3 N–H and O–H groups in total. The van der Waals surface area contributed by atoms with Gasteiger partial charge in [-0.3, -0.25) is 9.78 Å². The highest BCUT2D eigenvalue weighted by molar-refractivity contribution is 7.91. The number of rotatable bonds is 5. The number of halogens is 3. The van der Waals surface area contributed by atoms with Crippen LogP contribution >= 0.6 is 0 Å². The summed E-state index contributed by atoms with van der Waals surface area (Å²) in [6.45, 7) is 0.236. The summed E-state index contributed by atoms with van der Waals surface area (Å²) < 4.78 is 64.1. The van der Waals surface area contributed by atoms with Crippen molar-refractivity contribution in [3.05, 3.63) is 53.9 Å². The Morgan fingerprint density at radius 2 is 1.97 bits per heavy atom. The van der Waals surface area contributed by atoms with Crippen molar-refractivity contribution in [2.45, 2.75) is 41.1 Å². The fraction of sp³-hybridized carbons (Fsp3) is 0.333. The number of carbonyl (C=O) groups excluding carboxylic acids is 1. The van der Waals surface area contributed by atoms with E-state index in [0.29, 0.717) is 12.6 Å². The molecule has 2 atom stereocenters. The maximum Gasteiger partial charge on any atom is 0.416 e. The first kappa shape index (κ1) is 21.2. The number of nitrogens with zero attached hydrogens (tertiary/aromatic N) is 1. The highest BCUT2D eigenvalue weighted by Gasteiger charge is 2.32. The molecule has 3 rings (SSSR count). The molecule has 0 unspecified atom stereocenters. The Labute approximate surface area is 164 Å². The fourth-order valence-electron chi connectivity index (χ4n) is 2.91. The molecule has 156 valence electrons. The van der Waals surface area contributed by atoms with Gasteiger partial charge in [0.1, 0.15) is 0 Å². The van der Waals surface area contributed by atoms with Gasteiger partial charge in [-0.15, -0.1) is 0 Å². The summed E-state index contributed by atoms with van der Waals surface area (Å²) >= 11 is 0. The number of alkyl halides is 3. The molecule has 0 bridgehead atoms. The molecule has 0 radical (unpaired) electrons. The first-order valence-electron chi connectivity index (χ1n) is 8.64. The molecule has 0 spiro atoms. The first-order valence-corrected chi connectivity index (χ1v) is 10.1. The summed E-state index contributed by atoms with van der Waals surface area (Å²) in [5.41, 5.74) is -0.837. The summed E-state index contributed by atoms with van der Waals surface area (Å²) in [5.74, 6) is -0.366. The van der Waals surface area contributed by atoms with Gasteiger partial charge in [-0.2, -0.15) is 13.2 Å². The molecular formula is C18H18F3N3O4S. The lowest BCUT2D eigenvalue weighted by Gasteiger charge is -2.12. The van der Waals surface area contributed by atoms with Crippen molar-refractivity contribution in [3.63, 3.8) is 0 Å². The molecular weight excluding hydrogens is 411 g/mol. The molecule has 1 aliphatic heterocycles. The van der Waals surface area contributed by atoms with E-state index in [1.807, 2.05) is 0 Å². The second-order valence-corrected chi connectivity index (χ2v) is 8.53. The predicted octanol–water partition coefficient (Wildman–Crippen LogP) is 1.27. The normalized spacial score (nSPS) is 19.9. The van der Waals surface area contributed by atoms with E-state index in [-0.39, 0.29) is 29.5 Å². The van der Waals surface area contributed by atoms with Gasteiger partial charge in [0.05, 0.1) is 39.7 Å². The Morgan fingerprint density at radius 3 is 2.62 bits per heavy atom. The van der Waals surface area contributed by atoms with Crippen LogP contribution in [0, 0.1) is 0 Å². The molecule has 1 aliphatic rings. The monoisotopic (exact) mass is 429 g/mol. The molecule has 7 nitrogen and oxygen atoms in total. The Hall–Kier alpha value is -2.50. The molecule has 29 heavy (non-hydrogen) atoms. The maximum atomic E-state index is 12.9. The number of benzene rings is 1. The molecule has 0 saturated carbocycles. The largest absolute Gasteiger partial charge is 0.416 e. The lowest BCUT2D eigenvalue weighted by molar-refractivity contribution is -0.137. The van der Waals surface area contributed by atoms with Crippen LogP contribution in [-0.4, -0.2) is 43.1 Å². The van der Waals surface area contributed by atoms with Crippen LogP contribution in [-0.2, 0) is 27.4 Å². The van der Waals surface area contributed by atoms with E-state index < -0.39 is 38.6 Å². The quantitative estimate of drug-likeness (QED) is 0.661. The zero-order valence-electron chi connectivity index (χ0n) is 15.0. The molecule has 1 aromatic carbocycles. The second kappa shape index (κ2) is 8.09. The SMILES string of the molecule is O=C(NCc1cc(S(=O)(=O)c2cccc(C(F)(F)F)c2)ccn1)[C@@H]1C[C@@H](O)CN1. The zero-order valence-corrected chi connectivity index (χ0v) is 15.8. The van der Waals surface area contributed by atoms with E-state index in [4.69, 9.17) is 0 Å². The third-order valence-electron chi connectivity index (χ3n) is 4.44. The smallest absolute Gasteiger partial charge is 0.392 e. The number of amides is 1. The maximum absolute atomic E-state index is 12.9. The minimum Gasteiger partial charge on any atom is -0.392 e. The van der Waals surface area contributed by atoms with Crippen LogP contribution in [0.15, 0.2) is 52.4 Å². The third-order valence-corrected chi connectivity index (χ3v) is 6.19. The van der Waals surface area contributed by atoms with Gasteiger partial charge in [-0.1, -0.05) is 6.07 Å². The molecule has 1 fully saturated rings. The van der Waals surface area contributed by atoms with E-state index in [0.717, 1.165) is 18.2 Å². The summed E-state index contributed by atoms with van der Waals surface area (Å²) in [6, 6.07) is 5.31. The van der Waals surface area contributed by atoms with Gasteiger partial charge >= 0.3 is 6.18 Å². The molecule has 1 saturated heterocycles. The second-order valence-electron chi connectivity index (χ2n) is 6.58. The minimum absolute atomic E-state index is 0.0704. The molecule has 0 aliphatic carbocycles. The van der Waals surface area contributed by atoms with Crippen LogP contribution in [0.4, 0.5) is 13.2 Å². The Morgan fingerprint density at radius 1 is 1.24 bits per heavy atom. The van der Waals surface area contributed by atoms with Gasteiger partial charge < -0.3 is 15.7 Å². The van der Waals surface area contributed by atoms with E-state index in [1.165, 1.54) is 18.3 Å². The topological polar surface area (TPSA) is 108 Å². The lowest BCUT2D eigenvalue weighted by atomic mass is 10.2. The van der Waals surface area contributed by atoms with Gasteiger partial charge in [-0.25, -0.2) is 8.42 Å². The van der Waals surface area contributed by atoms with Crippen LogP contribution < -0.4 is 10.6 Å². The molecule has 1 amide bonds. The van der Waals surface area contributed by atoms with Crippen molar-refractivity contribution in [1.82, 2.24) is 15.6 Å². The molecule has 2 heterocycles. The van der Waals surface area contributed by atoms with Gasteiger partial charge in [-0.05, 0) is 36.8 Å². The lowest BCUT2D eigenvalue weighted by Crippen LogP contribution is -2.40. The van der Waals surface area contributed by atoms with Crippen molar-refractivity contribution < 1.29 is 31.5 Å². The Kier molecular flexibility index (Phi) is 5.92. The Bertz CT molecular complexity index is 1010. The zero-order chi connectivity index (χ0) is 21.2. The van der Waals surface area contributed by atoms with Gasteiger partial charge in [0.2, 0.25) is 15.7 Å². The van der Waals surface area contributed by atoms with Crippen molar-refractivity contribution in [1.29, 1.82) is 0 Å². The van der Waals surface area contributed by atoms with E-state index >= 15 is 0 Å². The number of aromatic nitrogens is 1. The number of sulfone groups is 1. The van der Waals surface area contributed by atoms with Gasteiger partial charge in [0.15, 0.2) is 0 Å². The summed E-state index contributed by atoms with van der Waals surface area (Å²) in [7, 11) is -4.20. The van der Waals surface area contributed by atoms with Crippen molar-refractivity contribution in [2.75, 3.05) is 6.54 Å². The van der Waals surface area contributed by atoms with Crippen molar-refractivity contribution in [3.8, 4) is 0 Å². The average Bonchev–Trinajstić information content (AvgIpc) is 3.12. The fourth-order valence-corrected chi connectivity index (χ4v) is 4.26. The summed E-state index contributed by atoms with van der Waals surface area (Å²) in [5, 5.41) is 14.9. The van der Waals surface area contributed by atoms with Gasteiger partial charge in [0, 0.05) is 12.7 Å². The van der Waals surface area contributed by atoms with Crippen LogP contribution in [0.25, 0.3) is 0 Å². The highest BCUT2D eigenvalue weighted by atomic mass is 32.2. The first-order chi connectivity index (χ1) is 13.6. The number of hydrogen-bond acceptors (Lipinski definition) is 6. The van der Waals surface area contributed by atoms with Crippen LogP contribution in [0.5, 0.6) is 0 Å². The number of pyridine rings is 1. The molecule has 2 aromatic rings. The van der Waals surface area contributed by atoms with Crippen molar-refractivity contribution >= 4 is 15.7 Å². The van der Waals surface area contributed by atoms with Crippen molar-refractivity contribution in [2.24, 2.45) is 0 Å². The number of aliphatic hydroxyl groups excluding tert-OH is 1. The number of aliphatic hydroxyl groups is 1. The third kappa shape index (κ3) is 4.92. The van der Waals surface area contributed by atoms with Crippen LogP contribution in [0.2, 0.25) is 0 Å². The van der Waals surface area contributed by atoms with E-state index in [2.05, 4.69) is 15.6 Å². The summed E-state index contributed by atoms with van der Waals surface area (Å²) in [4.78, 5) is 15.3. The van der Waals surface area contributed by atoms with E-state index in [9.17, 15) is 31.5 Å². The highest BCUT2D eigenvalue weighted by Crippen LogP contribution is 2.31. The number of β-amino-alcohol motifs (C(OH)–C–C–N with tert-alkyl or cyclic N) is 1. The number of nitrogens with one attached hydrogen (secondary N) is 2. The van der Waals surface area contributed by atoms with Crippen LogP contribution in [0.3, 0.4) is 0 Å². The predicted molar refractivity (Wildman–Crippen MR) is 95.4 cm³/mol. The summed E-state index contributed by atoms with van der Waals surface area (Å²) in [6.07, 6.45) is -3.80. The molecule has 11 heteroatoms. The molecule has 1 aromatic heterocycles. The van der Waals surface area contributed by atoms with Crippen LogP contribution in [0.1, 0.15) is 17.7 Å². The Balaban J connectivity index is 1.77. The standard InChI is InChI=1S/C18H18F3N3O4S/c19-18(20,21)11-2-1-3-14(6-11)29(27,28)15-4-5-22-12(7-15)9-24-17(26)16-8-13(25)10-23-16/h1-7,13,16,23,25H,8-10H2,(H,24,26)/t13-,16+/m1/s1. The van der Waals surface area contributed by atoms with Gasteiger partial charge in [0.25, 0.3) is 0 Å². The van der Waals surface area contributed by atoms with E-state index in [1.54, 1.807) is 0 Å².